The van der Waals surface area contributed by atoms with Crippen LogP contribution in [-0.4, -0.2) is 36.3 Å². The van der Waals surface area contributed by atoms with E-state index >= 15 is 0 Å². The van der Waals surface area contributed by atoms with E-state index in [0.29, 0.717) is 23.9 Å². The van der Waals surface area contributed by atoms with Crippen LogP contribution < -0.4 is 4.90 Å². The number of amides is 2. The van der Waals surface area contributed by atoms with E-state index in [0.717, 1.165) is 31.6 Å². The van der Waals surface area contributed by atoms with E-state index in [9.17, 15) is 9.59 Å². The highest BCUT2D eigenvalue weighted by Gasteiger charge is 2.40. The highest BCUT2D eigenvalue weighted by Crippen LogP contribution is 2.28. The van der Waals surface area contributed by atoms with Gasteiger partial charge in [-0.1, -0.05) is 18.5 Å². The van der Waals surface area contributed by atoms with Crippen molar-refractivity contribution in [2.24, 2.45) is 11.8 Å². The molecule has 2 amide bonds. The van der Waals surface area contributed by atoms with E-state index in [2.05, 4.69) is 6.92 Å². The van der Waals surface area contributed by atoms with Gasteiger partial charge >= 0.3 is 0 Å². The van der Waals surface area contributed by atoms with Crippen molar-refractivity contribution >= 4 is 29.1 Å². The Morgan fingerprint density at radius 2 is 1.73 bits per heavy atom. The van der Waals surface area contributed by atoms with E-state index in [4.69, 9.17) is 11.6 Å². The molecular weight excluding hydrogens is 300 g/mol. The van der Waals surface area contributed by atoms with Gasteiger partial charge in [0.2, 0.25) is 11.8 Å². The summed E-state index contributed by atoms with van der Waals surface area (Å²) in [6.45, 7) is 4.38. The fourth-order valence-corrected chi connectivity index (χ4v) is 3.36. The highest BCUT2D eigenvalue weighted by atomic mass is 35.5. The van der Waals surface area contributed by atoms with Crippen LogP contribution in [0.25, 0.3) is 0 Å². The van der Waals surface area contributed by atoms with Gasteiger partial charge in [0.25, 0.3) is 0 Å². The van der Waals surface area contributed by atoms with Crippen LogP contribution in [0.4, 0.5) is 5.69 Å². The molecule has 4 nitrogen and oxygen atoms in total. The van der Waals surface area contributed by atoms with Crippen LogP contribution in [0.2, 0.25) is 5.02 Å². The number of hydrogen-bond acceptors (Lipinski definition) is 2. The first-order chi connectivity index (χ1) is 10.6. The Labute approximate surface area is 136 Å². The van der Waals surface area contributed by atoms with Crippen molar-refractivity contribution in [2.45, 2.75) is 26.2 Å². The van der Waals surface area contributed by atoms with Crippen molar-refractivity contribution in [3.05, 3.63) is 29.3 Å². The monoisotopic (exact) mass is 320 g/mol. The van der Waals surface area contributed by atoms with Crippen molar-refractivity contribution in [1.29, 1.82) is 0 Å². The number of carbonyl (C=O) groups excluding carboxylic acids is 2. The first-order valence-corrected chi connectivity index (χ1v) is 8.30. The lowest BCUT2D eigenvalue weighted by atomic mass is 9.97. The average molecular weight is 321 g/mol. The van der Waals surface area contributed by atoms with Crippen LogP contribution in [-0.2, 0) is 9.59 Å². The highest BCUT2D eigenvalue weighted by molar-refractivity contribution is 6.30. The van der Waals surface area contributed by atoms with Gasteiger partial charge in [0.05, 0.1) is 0 Å². The van der Waals surface area contributed by atoms with Crippen LogP contribution in [0.1, 0.15) is 26.2 Å². The summed E-state index contributed by atoms with van der Waals surface area (Å²) < 4.78 is 0. The Morgan fingerprint density at radius 3 is 2.36 bits per heavy atom. The lowest BCUT2D eigenvalue weighted by molar-refractivity contribution is -0.140. The molecule has 2 heterocycles. The van der Waals surface area contributed by atoms with Crippen LogP contribution in [0.5, 0.6) is 0 Å². The number of halogens is 1. The van der Waals surface area contributed by atoms with Crippen LogP contribution in [0, 0.1) is 11.8 Å². The largest absolute Gasteiger partial charge is 0.342 e. The minimum absolute atomic E-state index is 0.00774. The molecule has 22 heavy (non-hydrogen) atoms. The van der Waals surface area contributed by atoms with Gasteiger partial charge in [-0.25, -0.2) is 0 Å². The molecule has 118 valence electrons. The van der Waals surface area contributed by atoms with Gasteiger partial charge in [0.1, 0.15) is 5.92 Å². The Morgan fingerprint density at radius 1 is 1.09 bits per heavy atom. The zero-order valence-electron chi connectivity index (χ0n) is 12.8. The molecule has 0 aromatic heterocycles. The molecule has 0 bridgehead atoms. The lowest BCUT2D eigenvalue weighted by Gasteiger charge is -2.31. The average Bonchev–Trinajstić information content (AvgIpc) is 2.90. The van der Waals surface area contributed by atoms with E-state index in [-0.39, 0.29) is 11.8 Å². The van der Waals surface area contributed by atoms with E-state index in [1.165, 1.54) is 0 Å². The van der Waals surface area contributed by atoms with E-state index in [1.54, 1.807) is 17.0 Å². The van der Waals surface area contributed by atoms with Crippen molar-refractivity contribution in [2.75, 3.05) is 24.5 Å². The van der Waals surface area contributed by atoms with Gasteiger partial charge in [-0.15, -0.1) is 0 Å². The van der Waals surface area contributed by atoms with Gasteiger partial charge in [-0.2, -0.15) is 0 Å². The molecule has 1 aromatic rings. The van der Waals surface area contributed by atoms with Crippen LogP contribution >= 0.6 is 11.6 Å². The maximum absolute atomic E-state index is 12.6. The van der Waals surface area contributed by atoms with Gasteiger partial charge in [-0.05, 0) is 49.4 Å². The number of benzene rings is 1. The minimum atomic E-state index is -0.510. The van der Waals surface area contributed by atoms with Gasteiger partial charge in [-0.3, -0.25) is 9.59 Å². The second kappa shape index (κ2) is 6.29. The topological polar surface area (TPSA) is 40.6 Å². The van der Waals surface area contributed by atoms with Crippen LogP contribution in [0.15, 0.2) is 24.3 Å². The number of likely N-dealkylation sites (tertiary alicyclic amines) is 1. The summed E-state index contributed by atoms with van der Waals surface area (Å²) in [6.07, 6.45) is 2.67. The standard InChI is InChI=1S/C17H21ClN2O2/c1-12-6-9-19(10-7-12)16(21)15-8-11-20(17(15)22)14-4-2-13(18)3-5-14/h2-5,12,15H,6-11H2,1H3. The lowest BCUT2D eigenvalue weighted by Crippen LogP contribution is -2.43. The van der Waals surface area contributed by atoms with Crippen molar-refractivity contribution in [3.63, 3.8) is 0 Å². The zero-order chi connectivity index (χ0) is 15.7. The number of hydrogen-bond donors (Lipinski definition) is 0. The summed E-state index contributed by atoms with van der Waals surface area (Å²) >= 11 is 5.88. The van der Waals surface area contributed by atoms with Crippen LogP contribution in [0.3, 0.4) is 0 Å². The zero-order valence-corrected chi connectivity index (χ0v) is 13.6. The molecular formula is C17H21ClN2O2. The van der Waals surface area contributed by atoms with E-state index < -0.39 is 5.92 Å². The number of rotatable bonds is 2. The van der Waals surface area contributed by atoms with Crippen molar-refractivity contribution < 1.29 is 9.59 Å². The van der Waals surface area contributed by atoms with Crippen molar-refractivity contribution in [1.82, 2.24) is 4.90 Å². The molecule has 1 aromatic carbocycles. The Kier molecular flexibility index (Phi) is 4.39. The first-order valence-electron chi connectivity index (χ1n) is 7.92. The predicted octanol–water partition coefficient (Wildman–Crippen LogP) is 2.95. The van der Waals surface area contributed by atoms with Gasteiger partial charge in [0.15, 0.2) is 0 Å². The minimum Gasteiger partial charge on any atom is -0.342 e. The Balaban J connectivity index is 1.68. The third-order valence-corrected chi connectivity index (χ3v) is 4.99. The summed E-state index contributed by atoms with van der Waals surface area (Å²) in [4.78, 5) is 28.8. The molecule has 0 radical (unpaired) electrons. The molecule has 2 fully saturated rings. The third kappa shape index (κ3) is 2.98. The molecule has 2 aliphatic rings. The smallest absolute Gasteiger partial charge is 0.239 e. The Bertz CT molecular complexity index is 565. The number of nitrogens with zero attached hydrogens (tertiary/aromatic N) is 2. The molecule has 2 saturated heterocycles. The van der Waals surface area contributed by atoms with E-state index in [1.807, 2.05) is 17.0 Å². The molecule has 0 spiro atoms. The molecule has 0 saturated carbocycles. The fraction of sp³-hybridized carbons (Fsp3) is 0.529. The molecule has 3 rings (SSSR count). The SMILES string of the molecule is CC1CCN(C(=O)C2CCN(c3ccc(Cl)cc3)C2=O)CC1. The van der Waals surface area contributed by atoms with Gasteiger partial charge in [0, 0.05) is 30.3 Å². The normalized spacial score (nSPS) is 23.2. The summed E-state index contributed by atoms with van der Waals surface area (Å²) in [6, 6.07) is 7.20. The fourth-order valence-electron chi connectivity index (χ4n) is 3.24. The molecule has 1 unspecified atom stereocenters. The predicted molar refractivity (Wildman–Crippen MR) is 86.9 cm³/mol. The third-order valence-electron chi connectivity index (χ3n) is 4.74. The molecule has 1 atom stereocenters. The quantitative estimate of drug-likeness (QED) is 0.786. The number of carbonyl (C=O) groups is 2. The summed E-state index contributed by atoms with van der Waals surface area (Å²) in [7, 11) is 0. The molecule has 5 heteroatoms. The Hall–Kier alpha value is -1.55. The summed E-state index contributed by atoms with van der Waals surface area (Å²) in [5.74, 6) is 0.0947. The maximum Gasteiger partial charge on any atom is 0.239 e. The summed E-state index contributed by atoms with van der Waals surface area (Å²) in [5, 5.41) is 0.644. The summed E-state index contributed by atoms with van der Waals surface area (Å²) in [5.41, 5.74) is 0.817. The number of anilines is 1. The maximum atomic E-state index is 12.6. The molecule has 2 aliphatic heterocycles. The van der Waals surface area contributed by atoms with Gasteiger partial charge < -0.3 is 9.80 Å². The number of piperidine rings is 1. The van der Waals surface area contributed by atoms with Crippen molar-refractivity contribution in [3.8, 4) is 0 Å². The first kappa shape index (κ1) is 15.3. The molecule has 0 N–H and O–H groups in total. The molecule has 0 aliphatic carbocycles. The second-order valence-corrected chi connectivity index (χ2v) is 6.75. The second-order valence-electron chi connectivity index (χ2n) is 6.32.